The maximum Gasteiger partial charge on any atom is 0.308 e. The normalized spacial score (nSPS) is 25.6. The fraction of sp³-hybridized carbons (Fsp3) is 0.579. The second-order valence-corrected chi connectivity index (χ2v) is 6.85. The van der Waals surface area contributed by atoms with Gasteiger partial charge in [0.1, 0.15) is 5.75 Å². The lowest BCUT2D eigenvalue weighted by atomic mass is 9.99. The second kappa shape index (κ2) is 7.24. The summed E-state index contributed by atoms with van der Waals surface area (Å²) in [6.45, 7) is 2.72. The van der Waals surface area contributed by atoms with Gasteiger partial charge in [-0.3, -0.25) is 9.59 Å². The van der Waals surface area contributed by atoms with Crippen LogP contribution >= 0.6 is 0 Å². The number of rotatable bonds is 8. The molecule has 0 aromatic heterocycles. The van der Waals surface area contributed by atoms with Crippen LogP contribution in [0.15, 0.2) is 24.3 Å². The quantitative estimate of drug-likeness (QED) is 0.767. The summed E-state index contributed by atoms with van der Waals surface area (Å²) in [7, 11) is 0. The number of carbonyl (C=O) groups excluding carboxylic acids is 1. The number of carbonyl (C=O) groups is 2. The lowest BCUT2D eigenvalue weighted by Crippen LogP contribution is -2.35. The van der Waals surface area contributed by atoms with Gasteiger partial charge < -0.3 is 15.2 Å². The standard InChI is InChI=1S/C19H25NO4/c1-2-24-14-8-6-12(7-9-14)10-13(19(22)23)11-20-18(21)17-15-4-3-5-16(15)17/h6-9,13,15-17H,2-5,10-11H2,1H3,(H,20,21)(H,22,23). The van der Waals surface area contributed by atoms with Crippen LogP contribution in [0.25, 0.3) is 0 Å². The molecule has 0 aliphatic heterocycles. The van der Waals surface area contributed by atoms with Crippen molar-refractivity contribution in [1.29, 1.82) is 0 Å². The zero-order valence-electron chi connectivity index (χ0n) is 14.0. The zero-order valence-corrected chi connectivity index (χ0v) is 14.0. The molecular weight excluding hydrogens is 306 g/mol. The predicted octanol–water partition coefficient (Wildman–Crippen LogP) is 2.49. The number of carboxylic acids is 1. The Kier molecular flexibility index (Phi) is 5.07. The minimum atomic E-state index is -0.875. The van der Waals surface area contributed by atoms with Gasteiger partial charge in [-0.15, -0.1) is 0 Å². The van der Waals surface area contributed by atoms with Gasteiger partial charge in [0.2, 0.25) is 5.91 Å². The van der Waals surface area contributed by atoms with E-state index >= 15 is 0 Å². The molecule has 2 aliphatic rings. The third kappa shape index (κ3) is 3.71. The van der Waals surface area contributed by atoms with Crippen LogP contribution in [-0.4, -0.2) is 30.1 Å². The van der Waals surface area contributed by atoms with Crippen molar-refractivity contribution < 1.29 is 19.4 Å². The van der Waals surface area contributed by atoms with Crippen LogP contribution in [0.2, 0.25) is 0 Å². The van der Waals surface area contributed by atoms with Gasteiger partial charge in [0.15, 0.2) is 0 Å². The number of amides is 1. The van der Waals surface area contributed by atoms with Crippen LogP contribution in [0, 0.1) is 23.7 Å². The van der Waals surface area contributed by atoms with Gasteiger partial charge in [-0.1, -0.05) is 18.6 Å². The highest BCUT2D eigenvalue weighted by molar-refractivity contribution is 5.83. The molecule has 5 heteroatoms. The third-order valence-corrected chi connectivity index (χ3v) is 5.30. The minimum Gasteiger partial charge on any atom is -0.494 e. The van der Waals surface area contributed by atoms with Crippen LogP contribution in [0.1, 0.15) is 31.7 Å². The maximum atomic E-state index is 12.2. The van der Waals surface area contributed by atoms with Crippen molar-refractivity contribution >= 4 is 11.9 Å². The fourth-order valence-corrected chi connectivity index (χ4v) is 3.97. The SMILES string of the molecule is CCOc1ccc(CC(CNC(=O)C2C3CCCC32)C(=O)O)cc1. The van der Waals surface area contributed by atoms with E-state index in [1.54, 1.807) is 0 Å². The number of fused-ring (bicyclic) bond motifs is 1. The molecular formula is C19H25NO4. The molecule has 2 fully saturated rings. The van der Waals surface area contributed by atoms with Crippen molar-refractivity contribution in [2.45, 2.75) is 32.6 Å². The molecule has 2 N–H and O–H groups in total. The van der Waals surface area contributed by atoms with Crippen LogP contribution in [-0.2, 0) is 16.0 Å². The highest BCUT2D eigenvalue weighted by Crippen LogP contribution is 2.57. The van der Waals surface area contributed by atoms with Gasteiger partial charge in [-0.05, 0) is 55.7 Å². The molecule has 3 rings (SSSR count). The van der Waals surface area contributed by atoms with Gasteiger partial charge in [0, 0.05) is 12.5 Å². The van der Waals surface area contributed by atoms with Gasteiger partial charge in [0.05, 0.1) is 12.5 Å². The van der Waals surface area contributed by atoms with Crippen molar-refractivity contribution in [3.63, 3.8) is 0 Å². The first-order valence-electron chi connectivity index (χ1n) is 8.82. The van der Waals surface area contributed by atoms with Crippen LogP contribution in [0.4, 0.5) is 0 Å². The highest BCUT2D eigenvalue weighted by Gasteiger charge is 2.56. The lowest BCUT2D eigenvalue weighted by Gasteiger charge is -2.14. The average molecular weight is 331 g/mol. The van der Waals surface area contributed by atoms with Gasteiger partial charge in [-0.25, -0.2) is 0 Å². The molecule has 2 saturated carbocycles. The summed E-state index contributed by atoms with van der Waals surface area (Å²) in [6.07, 6.45) is 3.93. The molecule has 1 aromatic rings. The van der Waals surface area contributed by atoms with Gasteiger partial charge >= 0.3 is 5.97 Å². The number of carboxylic acid groups (broad SMARTS) is 1. The van der Waals surface area contributed by atoms with Crippen LogP contribution in [0.5, 0.6) is 5.75 Å². The number of nitrogens with one attached hydrogen (secondary N) is 1. The van der Waals surface area contributed by atoms with E-state index in [0.29, 0.717) is 24.9 Å². The first kappa shape index (κ1) is 16.8. The predicted molar refractivity (Wildman–Crippen MR) is 89.8 cm³/mol. The maximum absolute atomic E-state index is 12.2. The summed E-state index contributed by atoms with van der Waals surface area (Å²) in [5.74, 6) is 0.590. The third-order valence-electron chi connectivity index (χ3n) is 5.30. The molecule has 1 aromatic carbocycles. The van der Waals surface area contributed by atoms with Crippen molar-refractivity contribution in [1.82, 2.24) is 5.32 Å². The molecule has 130 valence electrons. The van der Waals surface area contributed by atoms with E-state index in [-0.39, 0.29) is 18.4 Å². The van der Waals surface area contributed by atoms with E-state index in [4.69, 9.17) is 4.74 Å². The molecule has 24 heavy (non-hydrogen) atoms. The Balaban J connectivity index is 1.51. The molecule has 0 heterocycles. The number of ether oxygens (including phenoxy) is 1. The minimum absolute atomic E-state index is 0.0441. The Hall–Kier alpha value is -2.04. The summed E-state index contributed by atoms with van der Waals surface area (Å²) >= 11 is 0. The molecule has 1 amide bonds. The number of benzene rings is 1. The van der Waals surface area contributed by atoms with E-state index in [9.17, 15) is 14.7 Å². The second-order valence-electron chi connectivity index (χ2n) is 6.85. The summed E-state index contributed by atoms with van der Waals surface area (Å²) in [4.78, 5) is 23.7. The molecule has 0 saturated heterocycles. The Bertz CT molecular complexity index is 588. The van der Waals surface area contributed by atoms with Gasteiger partial charge in [-0.2, -0.15) is 0 Å². The van der Waals surface area contributed by atoms with Crippen LogP contribution in [0.3, 0.4) is 0 Å². The molecule has 0 spiro atoms. The fourth-order valence-electron chi connectivity index (χ4n) is 3.97. The summed E-state index contributed by atoms with van der Waals surface area (Å²) in [5.41, 5.74) is 0.934. The summed E-state index contributed by atoms with van der Waals surface area (Å²) in [6, 6.07) is 7.46. The Morgan fingerprint density at radius 3 is 2.50 bits per heavy atom. The molecule has 0 bridgehead atoms. The molecule has 5 nitrogen and oxygen atoms in total. The summed E-state index contributed by atoms with van der Waals surface area (Å²) in [5, 5.41) is 12.3. The van der Waals surface area contributed by atoms with Crippen molar-refractivity contribution in [3.05, 3.63) is 29.8 Å². The summed E-state index contributed by atoms with van der Waals surface area (Å²) < 4.78 is 5.39. The smallest absolute Gasteiger partial charge is 0.308 e. The van der Waals surface area contributed by atoms with Crippen molar-refractivity contribution in [3.8, 4) is 5.75 Å². The molecule has 3 unspecified atom stereocenters. The lowest BCUT2D eigenvalue weighted by molar-refractivity contribution is -0.141. The van der Waals surface area contributed by atoms with E-state index < -0.39 is 11.9 Å². The highest BCUT2D eigenvalue weighted by atomic mass is 16.5. The van der Waals surface area contributed by atoms with Crippen molar-refractivity contribution in [2.24, 2.45) is 23.7 Å². The Morgan fingerprint density at radius 2 is 1.92 bits per heavy atom. The monoisotopic (exact) mass is 331 g/mol. The van der Waals surface area contributed by atoms with E-state index in [1.807, 2.05) is 31.2 Å². The molecule has 0 radical (unpaired) electrons. The van der Waals surface area contributed by atoms with E-state index in [0.717, 1.165) is 24.2 Å². The number of hydrogen-bond donors (Lipinski definition) is 2. The molecule has 3 atom stereocenters. The number of hydrogen-bond acceptors (Lipinski definition) is 3. The average Bonchev–Trinajstić information content (AvgIpc) is 3.05. The topological polar surface area (TPSA) is 75.6 Å². The largest absolute Gasteiger partial charge is 0.494 e. The van der Waals surface area contributed by atoms with E-state index in [2.05, 4.69) is 5.32 Å². The first-order valence-corrected chi connectivity index (χ1v) is 8.82. The zero-order chi connectivity index (χ0) is 17.1. The van der Waals surface area contributed by atoms with Crippen LogP contribution < -0.4 is 10.1 Å². The Labute approximate surface area is 142 Å². The van der Waals surface area contributed by atoms with E-state index in [1.165, 1.54) is 6.42 Å². The first-order chi connectivity index (χ1) is 11.6. The number of aliphatic carboxylic acids is 1. The van der Waals surface area contributed by atoms with Crippen molar-refractivity contribution in [2.75, 3.05) is 13.2 Å². The van der Waals surface area contributed by atoms with Gasteiger partial charge in [0.25, 0.3) is 0 Å². The molecule has 2 aliphatic carbocycles. The Morgan fingerprint density at radius 1 is 1.25 bits per heavy atom.